The molecule has 0 saturated carbocycles. The van der Waals surface area contributed by atoms with Crippen LogP contribution in [0.2, 0.25) is 0 Å². The monoisotopic (exact) mass is 442 g/mol. The maximum Gasteiger partial charge on any atom is 0.254 e. The number of nitrogens with one attached hydrogen (secondary N) is 2. The van der Waals surface area contributed by atoms with E-state index in [2.05, 4.69) is 20.3 Å². The molecule has 0 bridgehead atoms. The molecule has 164 valence electrons. The average molecular weight is 442 g/mol. The van der Waals surface area contributed by atoms with Crippen LogP contribution in [0.1, 0.15) is 21.6 Å². The van der Waals surface area contributed by atoms with Crippen molar-refractivity contribution in [3.8, 4) is 11.4 Å². The van der Waals surface area contributed by atoms with E-state index in [-0.39, 0.29) is 23.8 Å². The number of hydrogen-bond acceptors (Lipinski definition) is 6. The summed E-state index contributed by atoms with van der Waals surface area (Å²) in [6.07, 6.45) is 5.32. The maximum absolute atomic E-state index is 13.8. The Morgan fingerprint density at radius 3 is 2.82 bits per heavy atom. The van der Waals surface area contributed by atoms with Gasteiger partial charge in [0.2, 0.25) is 5.56 Å². The molecule has 0 radical (unpaired) electrons. The van der Waals surface area contributed by atoms with E-state index in [1.165, 1.54) is 24.4 Å². The fourth-order valence-electron chi connectivity index (χ4n) is 3.78. The number of fused-ring (bicyclic) bond motifs is 1. The van der Waals surface area contributed by atoms with E-state index in [4.69, 9.17) is 4.98 Å². The number of aromatic amines is 1. The number of rotatable bonds is 4. The summed E-state index contributed by atoms with van der Waals surface area (Å²) in [5.74, 6) is 0.365. The summed E-state index contributed by atoms with van der Waals surface area (Å²) in [5.41, 5.74) is 2.82. The van der Waals surface area contributed by atoms with Gasteiger partial charge in [-0.3, -0.25) is 14.6 Å². The van der Waals surface area contributed by atoms with Gasteiger partial charge in [-0.05, 0) is 36.4 Å². The van der Waals surface area contributed by atoms with Crippen molar-refractivity contribution in [1.29, 1.82) is 0 Å². The van der Waals surface area contributed by atoms with E-state index in [0.29, 0.717) is 35.9 Å². The predicted octanol–water partition coefficient (Wildman–Crippen LogP) is 3.31. The highest BCUT2D eigenvalue weighted by atomic mass is 19.1. The van der Waals surface area contributed by atoms with Gasteiger partial charge in [0.25, 0.3) is 5.91 Å². The van der Waals surface area contributed by atoms with Crippen LogP contribution in [0.25, 0.3) is 11.4 Å². The van der Waals surface area contributed by atoms with Crippen molar-refractivity contribution in [2.75, 3.05) is 11.9 Å². The van der Waals surface area contributed by atoms with Crippen LogP contribution in [-0.2, 0) is 13.0 Å². The summed E-state index contributed by atoms with van der Waals surface area (Å²) >= 11 is 0. The second-order valence-corrected chi connectivity index (χ2v) is 7.62. The Morgan fingerprint density at radius 1 is 1.12 bits per heavy atom. The third-order valence-corrected chi connectivity index (χ3v) is 5.38. The van der Waals surface area contributed by atoms with Crippen LogP contribution in [0.3, 0.4) is 0 Å². The topological polar surface area (TPSA) is 104 Å². The van der Waals surface area contributed by atoms with Gasteiger partial charge >= 0.3 is 0 Å². The molecule has 0 spiro atoms. The summed E-state index contributed by atoms with van der Waals surface area (Å²) in [7, 11) is 0. The van der Waals surface area contributed by atoms with E-state index in [1.54, 1.807) is 41.6 Å². The van der Waals surface area contributed by atoms with Crippen LogP contribution in [0.15, 0.2) is 71.9 Å². The van der Waals surface area contributed by atoms with E-state index in [9.17, 15) is 14.0 Å². The number of halogens is 1. The molecule has 0 atom stereocenters. The van der Waals surface area contributed by atoms with Crippen molar-refractivity contribution in [2.45, 2.75) is 13.0 Å². The molecule has 1 aliphatic rings. The quantitative estimate of drug-likeness (QED) is 0.503. The van der Waals surface area contributed by atoms with Gasteiger partial charge in [-0.1, -0.05) is 6.07 Å². The van der Waals surface area contributed by atoms with Crippen molar-refractivity contribution in [1.82, 2.24) is 24.8 Å². The number of hydrogen-bond donors (Lipinski definition) is 2. The highest BCUT2D eigenvalue weighted by Crippen LogP contribution is 2.30. The normalized spacial score (nSPS) is 12.8. The summed E-state index contributed by atoms with van der Waals surface area (Å²) in [6, 6.07) is 12.6. The number of carbonyl (C=O) groups excluding carboxylic acids is 1. The molecule has 0 saturated heterocycles. The highest BCUT2D eigenvalue weighted by Gasteiger charge is 2.27. The molecule has 1 amide bonds. The van der Waals surface area contributed by atoms with Crippen LogP contribution in [0, 0.1) is 5.82 Å². The summed E-state index contributed by atoms with van der Waals surface area (Å²) < 4.78 is 13.8. The Kier molecular flexibility index (Phi) is 5.35. The van der Waals surface area contributed by atoms with E-state index >= 15 is 0 Å². The first-order chi connectivity index (χ1) is 16.1. The summed E-state index contributed by atoms with van der Waals surface area (Å²) in [5, 5.41) is 3.19. The van der Waals surface area contributed by atoms with Crippen LogP contribution in [-0.4, -0.2) is 37.3 Å². The minimum atomic E-state index is -0.374. The SMILES string of the molecule is O=C(c1cc[nH]c(=O)c1)N1CCc2nc(-c3cccnc3)nc(Nc3cccc(F)c3)c2C1. The number of benzene rings is 1. The number of nitrogens with zero attached hydrogens (tertiary/aromatic N) is 4. The average Bonchev–Trinajstić information content (AvgIpc) is 2.84. The molecule has 0 unspecified atom stereocenters. The molecule has 0 fully saturated rings. The largest absolute Gasteiger partial charge is 0.340 e. The second kappa shape index (κ2) is 8.62. The first-order valence-corrected chi connectivity index (χ1v) is 10.4. The van der Waals surface area contributed by atoms with Crippen molar-refractivity contribution in [3.63, 3.8) is 0 Å². The van der Waals surface area contributed by atoms with Gasteiger partial charge in [-0.2, -0.15) is 0 Å². The Morgan fingerprint density at radius 2 is 2.03 bits per heavy atom. The molecule has 1 aromatic carbocycles. The predicted molar refractivity (Wildman–Crippen MR) is 120 cm³/mol. The molecule has 1 aliphatic heterocycles. The van der Waals surface area contributed by atoms with Gasteiger partial charge in [0, 0.05) is 60.0 Å². The number of pyridine rings is 2. The molecule has 5 rings (SSSR count). The molecular formula is C24H19FN6O2. The van der Waals surface area contributed by atoms with Gasteiger partial charge in [-0.25, -0.2) is 14.4 Å². The first-order valence-electron chi connectivity index (χ1n) is 10.4. The Balaban J connectivity index is 1.54. The highest BCUT2D eigenvalue weighted by molar-refractivity contribution is 5.94. The number of aromatic nitrogens is 4. The van der Waals surface area contributed by atoms with Crippen molar-refractivity contribution >= 4 is 17.4 Å². The zero-order chi connectivity index (χ0) is 22.8. The molecule has 4 aromatic rings. The molecular weight excluding hydrogens is 423 g/mol. The molecule has 8 nitrogen and oxygen atoms in total. The summed E-state index contributed by atoms with van der Waals surface area (Å²) in [4.78, 5) is 42.4. The van der Waals surface area contributed by atoms with Gasteiger partial charge in [-0.15, -0.1) is 0 Å². The molecule has 3 aromatic heterocycles. The van der Waals surface area contributed by atoms with Crippen molar-refractivity contribution < 1.29 is 9.18 Å². The fraction of sp³-hybridized carbons (Fsp3) is 0.125. The lowest BCUT2D eigenvalue weighted by atomic mass is 10.0. The minimum Gasteiger partial charge on any atom is -0.340 e. The Hall–Kier alpha value is -4.40. The molecule has 9 heteroatoms. The second-order valence-electron chi connectivity index (χ2n) is 7.62. The number of carbonyl (C=O) groups is 1. The molecule has 2 N–H and O–H groups in total. The van der Waals surface area contributed by atoms with E-state index in [1.807, 2.05) is 6.07 Å². The Labute approximate surface area is 188 Å². The third kappa shape index (κ3) is 4.33. The third-order valence-electron chi connectivity index (χ3n) is 5.38. The van der Waals surface area contributed by atoms with Crippen LogP contribution < -0.4 is 10.9 Å². The van der Waals surface area contributed by atoms with Gasteiger partial charge in [0.15, 0.2) is 5.82 Å². The lowest BCUT2D eigenvalue weighted by Gasteiger charge is -2.30. The smallest absolute Gasteiger partial charge is 0.254 e. The van der Waals surface area contributed by atoms with Crippen molar-refractivity contribution in [3.05, 3.63) is 100 Å². The number of amides is 1. The van der Waals surface area contributed by atoms with Crippen LogP contribution in [0.4, 0.5) is 15.9 Å². The molecule has 0 aliphatic carbocycles. The zero-order valence-corrected chi connectivity index (χ0v) is 17.5. The Bertz CT molecular complexity index is 1390. The maximum atomic E-state index is 13.8. The van der Waals surface area contributed by atoms with Crippen molar-refractivity contribution in [2.24, 2.45) is 0 Å². The first kappa shape index (κ1) is 20.5. The van der Waals surface area contributed by atoms with E-state index in [0.717, 1.165) is 16.8 Å². The lowest BCUT2D eigenvalue weighted by molar-refractivity contribution is 0.0733. The molecule has 4 heterocycles. The van der Waals surface area contributed by atoms with Gasteiger partial charge in [0.1, 0.15) is 11.6 Å². The number of H-pyrrole nitrogens is 1. The standard InChI is InChI=1S/C24H19FN6O2/c25-17-4-1-5-18(12-17)28-23-19-14-31(24(33)15-6-9-27-21(32)11-15)10-7-20(19)29-22(30-23)16-3-2-8-26-13-16/h1-6,8-9,11-13H,7,10,14H2,(H,27,32)(H,28,29,30). The van der Waals surface area contributed by atoms with E-state index < -0.39 is 0 Å². The van der Waals surface area contributed by atoms with Gasteiger partial charge in [0.05, 0.1) is 12.2 Å². The molecule has 33 heavy (non-hydrogen) atoms. The lowest BCUT2D eigenvalue weighted by Crippen LogP contribution is -2.37. The zero-order valence-electron chi connectivity index (χ0n) is 17.5. The minimum absolute atomic E-state index is 0.250. The fourth-order valence-corrected chi connectivity index (χ4v) is 3.78. The van der Waals surface area contributed by atoms with Crippen LogP contribution in [0.5, 0.6) is 0 Å². The summed E-state index contributed by atoms with van der Waals surface area (Å²) in [6.45, 7) is 0.702. The number of anilines is 2. The van der Waals surface area contributed by atoms with Crippen LogP contribution >= 0.6 is 0 Å². The van der Waals surface area contributed by atoms with Gasteiger partial charge < -0.3 is 15.2 Å².